The van der Waals surface area contributed by atoms with Crippen LogP contribution in [0.2, 0.25) is 5.02 Å². The normalized spacial score (nSPS) is 10.1. The molecule has 2 rings (SSSR count). The van der Waals surface area contributed by atoms with Gasteiger partial charge in [-0.05, 0) is 31.2 Å². The summed E-state index contributed by atoms with van der Waals surface area (Å²) in [6.07, 6.45) is 1.48. The standard InChI is InChI=1S/C13H12ClN3O/c1-9-5-12(17-8-16-9)7-15-13(18)10-3-2-4-11(14)6-10/h2-6,8H,7H2,1H3,(H,15,18). The van der Waals surface area contributed by atoms with Gasteiger partial charge in [0.25, 0.3) is 5.91 Å². The average Bonchev–Trinajstić information content (AvgIpc) is 2.36. The number of hydrogen-bond donors (Lipinski definition) is 1. The topological polar surface area (TPSA) is 54.9 Å². The van der Waals surface area contributed by atoms with Crippen molar-refractivity contribution in [2.75, 3.05) is 0 Å². The molecule has 0 radical (unpaired) electrons. The number of aromatic nitrogens is 2. The maximum Gasteiger partial charge on any atom is 0.251 e. The minimum atomic E-state index is -0.172. The minimum absolute atomic E-state index is 0.172. The summed E-state index contributed by atoms with van der Waals surface area (Å²) in [6.45, 7) is 2.25. The lowest BCUT2D eigenvalue weighted by Gasteiger charge is -2.05. The monoisotopic (exact) mass is 261 g/mol. The first-order valence-electron chi connectivity index (χ1n) is 5.46. The number of hydrogen-bond acceptors (Lipinski definition) is 3. The van der Waals surface area contributed by atoms with Crippen LogP contribution in [0.4, 0.5) is 0 Å². The van der Waals surface area contributed by atoms with Gasteiger partial charge in [-0.25, -0.2) is 9.97 Å². The maximum atomic E-state index is 11.8. The smallest absolute Gasteiger partial charge is 0.251 e. The number of benzene rings is 1. The van der Waals surface area contributed by atoms with Gasteiger partial charge in [0.2, 0.25) is 0 Å². The molecule has 1 heterocycles. The lowest BCUT2D eigenvalue weighted by molar-refractivity contribution is 0.0950. The van der Waals surface area contributed by atoms with E-state index in [-0.39, 0.29) is 5.91 Å². The van der Waals surface area contributed by atoms with Gasteiger partial charge in [-0.15, -0.1) is 0 Å². The zero-order valence-electron chi connectivity index (χ0n) is 9.85. The fourth-order valence-electron chi connectivity index (χ4n) is 1.51. The highest BCUT2D eigenvalue weighted by Gasteiger charge is 2.05. The largest absolute Gasteiger partial charge is 0.346 e. The Morgan fingerprint density at radius 1 is 1.33 bits per heavy atom. The number of carbonyl (C=O) groups is 1. The molecule has 18 heavy (non-hydrogen) atoms. The van der Waals surface area contributed by atoms with Gasteiger partial charge in [0, 0.05) is 16.3 Å². The molecular weight excluding hydrogens is 250 g/mol. The lowest BCUT2D eigenvalue weighted by Crippen LogP contribution is -2.23. The Kier molecular flexibility index (Phi) is 3.89. The van der Waals surface area contributed by atoms with Crippen LogP contribution in [0, 0.1) is 6.92 Å². The molecule has 0 saturated heterocycles. The number of amides is 1. The van der Waals surface area contributed by atoms with Gasteiger partial charge >= 0.3 is 0 Å². The Morgan fingerprint density at radius 3 is 2.89 bits per heavy atom. The molecule has 1 aromatic carbocycles. The third-order valence-corrected chi connectivity index (χ3v) is 2.61. The molecule has 92 valence electrons. The van der Waals surface area contributed by atoms with Crippen molar-refractivity contribution in [3.63, 3.8) is 0 Å². The molecule has 4 nitrogen and oxygen atoms in total. The van der Waals surface area contributed by atoms with E-state index >= 15 is 0 Å². The molecule has 0 fully saturated rings. The van der Waals surface area contributed by atoms with Crippen LogP contribution < -0.4 is 5.32 Å². The van der Waals surface area contributed by atoms with Crippen molar-refractivity contribution in [2.45, 2.75) is 13.5 Å². The molecule has 2 aromatic rings. The van der Waals surface area contributed by atoms with Crippen molar-refractivity contribution in [1.82, 2.24) is 15.3 Å². The van der Waals surface area contributed by atoms with Crippen LogP contribution in [-0.4, -0.2) is 15.9 Å². The fourth-order valence-corrected chi connectivity index (χ4v) is 1.70. The lowest BCUT2D eigenvalue weighted by atomic mass is 10.2. The summed E-state index contributed by atoms with van der Waals surface area (Å²) < 4.78 is 0. The molecule has 0 bridgehead atoms. The Bertz CT molecular complexity index is 572. The van der Waals surface area contributed by atoms with Gasteiger partial charge in [0.05, 0.1) is 12.2 Å². The number of aryl methyl sites for hydroxylation is 1. The Labute approximate surface area is 110 Å². The van der Waals surface area contributed by atoms with E-state index < -0.39 is 0 Å². The van der Waals surface area contributed by atoms with Crippen LogP contribution in [0.25, 0.3) is 0 Å². The van der Waals surface area contributed by atoms with Crippen LogP contribution in [0.5, 0.6) is 0 Å². The van der Waals surface area contributed by atoms with Crippen LogP contribution >= 0.6 is 11.6 Å². The predicted molar refractivity (Wildman–Crippen MR) is 69.4 cm³/mol. The van der Waals surface area contributed by atoms with Gasteiger partial charge in [0.1, 0.15) is 6.33 Å². The van der Waals surface area contributed by atoms with E-state index in [2.05, 4.69) is 15.3 Å². The van der Waals surface area contributed by atoms with E-state index in [4.69, 9.17) is 11.6 Å². The summed E-state index contributed by atoms with van der Waals surface area (Å²) in [5, 5.41) is 3.32. The highest BCUT2D eigenvalue weighted by Crippen LogP contribution is 2.10. The molecule has 0 unspecified atom stereocenters. The fraction of sp³-hybridized carbons (Fsp3) is 0.154. The van der Waals surface area contributed by atoms with Crippen molar-refractivity contribution in [3.8, 4) is 0 Å². The van der Waals surface area contributed by atoms with Crippen LogP contribution in [0.3, 0.4) is 0 Å². The molecule has 1 aromatic heterocycles. The summed E-state index contributed by atoms with van der Waals surface area (Å²) in [7, 11) is 0. The molecule has 0 aliphatic rings. The second kappa shape index (κ2) is 5.60. The van der Waals surface area contributed by atoms with Gasteiger partial charge in [0.15, 0.2) is 0 Å². The molecule has 1 amide bonds. The van der Waals surface area contributed by atoms with Crippen molar-refractivity contribution in [3.05, 3.63) is 58.6 Å². The third kappa shape index (κ3) is 3.28. The summed E-state index contributed by atoms with van der Waals surface area (Å²) in [5.74, 6) is -0.172. The Morgan fingerprint density at radius 2 is 2.17 bits per heavy atom. The second-order valence-electron chi connectivity index (χ2n) is 3.84. The summed E-state index contributed by atoms with van der Waals surface area (Å²) in [4.78, 5) is 19.9. The van der Waals surface area contributed by atoms with E-state index in [1.165, 1.54) is 6.33 Å². The highest BCUT2D eigenvalue weighted by molar-refractivity contribution is 6.30. The summed E-state index contributed by atoms with van der Waals surface area (Å²) in [6, 6.07) is 8.64. The Balaban J connectivity index is 2.00. The Hall–Kier alpha value is -1.94. The molecule has 0 aliphatic carbocycles. The molecule has 0 spiro atoms. The summed E-state index contributed by atoms with van der Waals surface area (Å²) >= 11 is 5.83. The van der Waals surface area contributed by atoms with E-state index in [0.29, 0.717) is 17.1 Å². The van der Waals surface area contributed by atoms with E-state index in [1.807, 2.05) is 13.0 Å². The predicted octanol–water partition coefficient (Wildman–Crippen LogP) is 2.37. The van der Waals surface area contributed by atoms with E-state index in [0.717, 1.165) is 11.4 Å². The van der Waals surface area contributed by atoms with Crippen molar-refractivity contribution >= 4 is 17.5 Å². The molecule has 0 atom stereocenters. The number of halogens is 1. The SMILES string of the molecule is Cc1cc(CNC(=O)c2cccc(Cl)c2)ncn1. The van der Waals surface area contributed by atoms with Crippen molar-refractivity contribution in [2.24, 2.45) is 0 Å². The van der Waals surface area contributed by atoms with Crippen LogP contribution in [0.1, 0.15) is 21.7 Å². The zero-order chi connectivity index (χ0) is 13.0. The average molecular weight is 262 g/mol. The molecule has 0 saturated carbocycles. The number of carbonyl (C=O) groups excluding carboxylic acids is 1. The number of nitrogens with one attached hydrogen (secondary N) is 1. The minimum Gasteiger partial charge on any atom is -0.346 e. The van der Waals surface area contributed by atoms with Crippen LogP contribution in [0.15, 0.2) is 36.7 Å². The highest BCUT2D eigenvalue weighted by atomic mass is 35.5. The molecule has 1 N–H and O–H groups in total. The van der Waals surface area contributed by atoms with Gasteiger partial charge in [-0.2, -0.15) is 0 Å². The van der Waals surface area contributed by atoms with Crippen LogP contribution in [-0.2, 0) is 6.54 Å². The van der Waals surface area contributed by atoms with E-state index in [9.17, 15) is 4.79 Å². The molecule has 0 aliphatic heterocycles. The first-order valence-corrected chi connectivity index (χ1v) is 5.84. The van der Waals surface area contributed by atoms with Gasteiger partial charge < -0.3 is 5.32 Å². The zero-order valence-corrected chi connectivity index (χ0v) is 10.6. The first kappa shape index (κ1) is 12.5. The van der Waals surface area contributed by atoms with Crippen molar-refractivity contribution in [1.29, 1.82) is 0 Å². The third-order valence-electron chi connectivity index (χ3n) is 2.38. The number of nitrogens with zero attached hydrogens (tertiary/aromatic N) is 2. The molecule has 5 heteroatoms. The summed E-state index contributed by atoms with van der Waals surface area (Å²) in [5.41, 5.74) is 2.18. The van der Waals surface area contributed by atoms with Gasteiger partial charge in [-0.3, -0.25) is 4.79 Å². The number of rotatable bonds is 3. The second-order valence-corrected chi connectivity index (χ2v) is 4.28. The van der Waals surface area contributed by atoms with Crippen molar-refractivity contribution < 1.29 is 4.79 Å². The van der Waals surface area contributed by atoms with E-state index in [1.54, 1.807) is 24.3 Å². The van der Waals surface area contributed by atoms with Gasteiger partial charge in [-0.1, -0.05) is 17.7 Å². The quantitative estimate of drug-likeness (QED) is 0.923. The maximum absolute atomic E-state index is 11.8. The molecular formula is C13H12ClN3O. The first-order chi connectivity index (χ1) is 8.65.